The van der Waals surface area contributed by atoms with Crippen LogP contribution in [0.5, 0.6) is 0 Å². The molecule has 3 aliphatic rings. The van der Waals surface area contributed by atoms with Gasteiger partial charge < -0.3 is 10.2 Å². The Bertz CT molecular complexity index is 538. The molecular weight excluding hydrogens is 272 g/mol. The summed E-state index contributed by atoms with van der Waals surface area (Å²) in [6.07, 6.45) is 8.71. The molecule has 0 spiro atoms. The third kappa shape index (κ3) is 2.73. The normalized spacial score (nSPS) is 42.1. The number of hydrogen-bond donors (Lipinski definition) is 2. The number of hydrogen-bond acceptors (Lipinski definition) is 2. The molecule has 0 amide bonds. The zero-order valence-corrected chi connectivity index (χ0v) is 14.2. The highest BCUT2D eigenvalue weighted by atomic mass is 16.3. The lowest BCUT2D eigenvalue weighted by Crippen LogP contribution is -2.31. The highest BCUT2D eigenvalue weighted by Crippen LogP contribution is 2.56. The van der Waals surface area contributed by atoms with Crippen LogP contribution in [0.25, 0.3) is 0 Å². The van der Waals surface area contributed by atoms with Gasteiger partial charge in [-0.15, -0.1) is 5.73 Å². The molecule has 0 saturated heterocycles. The van der Waals surface area contributed by atoms with Crippen LogP contribution < -0.4 is 0 Å². The Morgan fingerprint density at radius 2 is 2.05 bits per heavy atom. The Morgan fingerprint density at radius 3 is 2.82 bits per heavy atom. The van der Waals surface area contributed by atoms with E-state index in [0.29, 0.717) is 24.2 Å². The Balaban J connectivity index is 1.89. The Morgan fingerprint density at radius 1 is 1.27 bits per heavy atom. The Hall–Kier alpha value is -0.820. The quantitative estimate of drug-likeness (QED) is 0.715. The van der Waals surface area contributed by atoms with E-state index in [9.17, 15) is 10.2 Å². The molecule has 0 aromatic heterocycles. The zero-order chi connectivity index (χ0) is 15.9. The van der Waals surface area contributed by atoms with Crippen molar-refractivity contribution in [2.75, 3.05) is 0 Å². The van der Waals surface area contributed by atoms with Gasteiger partial charge >= 0.3 is 0 Å². The number of rotatable bonds is 1. The first-order valence-corrected chi connectivity index (χ1v) is 8.93. The van der Waals surface area contributed by atoms with Gasteiger partial charge in [-0.3, -0.25) is 0 Å². The summed E-state index contributed by atoms with van der Waals surface area (Å²) in [4.78, 5) is 0. The molecular formula is C20H30O2. The van der Waals surface area contributed by atoms with E-state index in [0.717, 1.165) is 17.1 Å². The standard InChI is InChI=1S/C20H30O2/c1-13-6-9-18-15(5-4-10-20(13,18)3)7-8-16-11-17(21)12-19(22)14(16)2/h8,13,17-19,21-22H,4-6,9-12H2,1-3H3. The maximum absolute atomic E-state index is 10.0. The third-order valence-electron chi connectivity index (χ3n) is 6.78. The van der Waals surface area contributed by atoms with Crippen LogP contribution in [0.3, 0.4) is 0 Å². The second-order valence-electron chi connectivity index (χ2n) is 8.02. The van der Waals surface area contributed by atoms with E-state index >= 15 is 0 Å². The lowest BCUT2D eigenvalue weighted by molar-refractivity contribution is 0.0879. The molecule has 0 aromatic carbocycles. The van der Waals surface area contributed by atoms with Crippen molar-refractivity contribution in [3.63, 3.8) is 0 Å². The summed E-state index contributed by atoms with van der Waals surface area (Å²) in [6.45, 7) is 6.86. The summed E-state index contributed by atoms with van der Waals surface area (Å²) < 4.78 is 0. The SMILES string of the molecule is CC1=C(C=C=C2CCCC3(C)C(C)CCC23)CC(O)CC1O. The minimum Gasteiger partial charge on any atom is -0.393 e. The van der Waals surface area contributed by atoms with E-state index in [1.165, 1.54) is 37.7 Å². The average Bonchev–Trinajstić information content (AvgIpc) is 2.77. The van der Waals surface area contributed by atoms with Crippen LogP contribution in [-0.4, -0.2) is 22.4 Å². The van der Waals surface area contributed by atoms with Crippen LogP contribution in [0.4, 0.5) is 0 Å². The molecule has 0 aromatic rings. The number of aliphatic hydroxyl groups excluding tert-OH is 2. The summed E-state index contributed by atoms with van der Waals surface area (Å²) in [5, 5.41) is 19.9. The lowest BCUT2D eigenvalue weighted by atomic mass is 9.64. The van der Waals surface area contributed by atoms with Gasteiger partial charge in [0.25, 0.3) is 0 Å². The Labute approximate surface area is 134 Å². The second-order valence-corrected chi connectivity index (χ2v) is 8.02. The van der Waals surface area contributed by atoms with Crippen LogP contribution in [0, 0.1) is 17.3 Å². The summed E-state index contributed by atoms with van der Waals surface area (Å²) in [5.74, 6) is 1.50. The maximum Gasteiger partial charge on any atom is 0.0778 e. The monoisotopic (exact) mass is 302 g/mol. The van der Waals surface area contributed by atoms with Crippen LogP contribution in [0.1, 0.15) is 65.7 Å². The van der Waals surface area contributed by atoms with Crippen LogP contribution in [0.2, 0.25) is 0 Å². The predicted molar refractivity (Wildman–Crippen MR) is 89.4 cm³/mol. The van der Waals surface area contributed by atoms with Gasteiger partial charge in [0.15, 0.2) is 0 Å². The van der Waals surface area contributed by atoms with Gasteiger partial charge in [-0.05, 0) is 85.5 Å². The van der Waals surface area contributed by atoms with Crippen LogP contribution in [0.15, 0.2) is 28.5 Å². The van der Waals surface area contributed by atoms with Crippen molar-refractivity contribution < 1.29 is 10.2 Å². The van der Waals surface area contributed by atoms with Crippen molar-refractivity contribution in [3.05, 3.63) is 28.5 Å². The molecule has 2 nitrogen and oxygen atoms in total. The molecule has 2 saturated carbocycles. The molecule has 122 valence electrons. The summed E-state index contributed by atoms with van der Waals surface area (Å²) >= 11 is 0. The van der Waals surface area contributed by atoms with Gasteiger partial charge in [-0.1, -0.05) is 13.8 Å². The van der Waals surface area contributed by atoms with Crippen molar-refractivity contribution >= 4 is 0 Å². The molecule has 0 bridgehead atoms. The summed E-state index contributed by atoms with van der Waals surface area (Å²) in [6, 6.07) is 0. The van der Waals surface area contributed by atoms with E-state index in [1.54, 1.807) is 0 Å². The molecule has 0 heterocycles. The molecule has 22 heavy (non-hydrogen) atoms. The van der Waals surface area contributed by atoms with Gasteiger partial charge in [-0.2, -0.15) is 0 Å². The number of aliphatic hydroxyl groups is 2. The van der Waals surface area contributed by atoms with Crippen molar-refractivity contribution in [3.8, 4) is 0 Å². The third-order valence-corrected chi connectivity index (χ3v) is 6.78. The molecule has 2 N–H and O–H groups in total. The zero-order valence-electron chi connectivity index (χ0n) is 14.2. The van der Waals surface area contributed by atoms with E-state index in [-0.39, 0.29) is 0 Å². The minimum atomic E-state index is -0.495. The fraction of sp³-hybridized carbons (Fsp3) is 0.750. The number of fused-ring (bicyclic) bond motifs is 1. The van der Waals surface area contributed by atoms with Gasteiger partial charge in [0, 0.05) is 6.42 Å². The van der Waals surface area contributed by atoms with E-state index in [4.69, 9.17) is 0 Å². The van der Waals surface area contributed by atoms with E-state index < -0.39 is 12.2 Å². The number of allylic oxidation sites excluding steroid dienone is 1. The van der Waals surface area contributed by atoms with E-state index in [2.05, 4.69) is 25.7 Å². The van der Waals surface area contributed by atoms with Gasteiger partial charge in [0.05, 0.1) is 12.2 Å². The molecule has 2 fully saturated rings. The molecule has 3 aliphatic carbocycles. The van der Waals surface area contributed by atoms with Crippen molar-refractivity contribution in [1.82, 2.24) is 0 Å². The van der Waals surface area contributed by atoms with Crippen molar-refractivity contribution in [2.45, 2.75) is 77.9 Å². The lowest BCUT2D eigenvalue weighted by Gasteiger charge is -2.40. The fourth-order valence-electron chi connectivity index (χ4n) is 4.92. The van der Waals surface area contributed by atoms with Crippen molar-refractivity contribution in [2.24, 2.45) is 17.3 Å². The predicted octanol–water partition coefficient (Wildman–Crippen LogP) is 4.14. The average molecular weight is 302 g/mol. The van der Waals surface area contributed by atoms with Gasteiger partial charge in [0.2, 0.25) is 0 Å². The van der Waals surface area contributed by atoms with Gasteiger partial charge in [-0.25, -0.2) is 0 Å². The minimum absolute atomic E-state index is 0.417. The fourth-order valence-corrected chi connectivity index (χ4v) is 4.92. The smallest absolute Gasteiger partial charge is 0.0778 e. The molecule has 2 heteroatoms. The Kier molecular flexibility index (Phi) is 4.38. The first-order valence-electron chi connectivity index (χ1n) is 8.93. The first-order chi connectivity index (χ1) is 10.4. The molecule has 5 atom stereocenters. The van der Waals surface area contributed by atoms with Crippen LogP contribution in [-0.2, 0) is 0 Å². The highest BCUT2D eigenvalue weighted by Gasteiger charge is 2.47. The molecule has 0 aliphatic heterocycles. The molecule has 0 radical (unpaired) electrons. The maximum atomic E-state index is 10.0. The molecule has 5 unspecified atom stereocenters. The first kappa shape index (κ1) is 16.1. The van der Waals surface area contributed by atoms with Gasteiger partial charge in [0.1, 0.15) is 0 Å². The van der Waals surface area contributed by atoms with Crippen molar-refractivity contribution in [1.29, 1.82) is 0 Å². The summed E-state index contributed by atoms with van der Waals surface area (Å²) in [5.41, 5.74) is 7.62. The molecule has 3 rings (SSSR count). The second kappa shape index (κ2) is 6.00. The topological polar surface area (TPSA) is 40.5 Å². The highest BCUT2D eigenvalue weighted by molar-refractivity contribution is 5.31. The largest absolute Gasteiger partial charge is 0.393 e. The van der Waals surface area contributed by atoms with Crippen LogP contribution >= 0.6 is 0 Å². The van der Waals surface area contributed by atoms with E-state index in [1.807, 2.05) is 6.92 Å². The summed E-state index contributed by atoms with van der Waals surface area (Å²) in [7, 11) is 0.